The first kappa shape index (κ1) is 12.3. The molecule has 0 aliphatic carbocycles. The SMILES string of the molecule is CC(C)N1CCCNC1=O.CCC. The van der Waals surface area contributed by atoms with E-state index in [-0.39, 0.29) is 6.03 Å². The number of amides is 2. The van der Waals surface area contributed by atoms with Crippen LogP contribution in [0.25, 0.3) is 0 Å². The third-order valence-corrected chi connectivity index (χ3v) is 1.74. The molecule has 0 saturated carbocycles. The van der Waals surface area contributed by atoms with Crippen molar-refractivity contribution in [1.82, 2.24) is 10.2 Å². The van der Waals surface area contributed by atoms with Crippen LogP contribution in [0.1, 0.15) is 40.5 Å². The second-order valence-electron chi connectivity index (χ2n) is 3.58. The maximum atomic E-state index is 11.1. The van der Waals surface area contributed by atoms with Gasteiger partial charge < -0.3 is 10.2 Å². The number of nitrogens with one attached hydrogen (secondary N) is 1. The zero-order valence-corrected chi connectivity index (χ0v) is 9.26. The molecule has 0 atom stereocenters. The molecule has 78 valence electrons. The van der Waals surface area contributed by atoms with Gasteiger partial charge in [0, 0.05) is 19.1 Å². The molecule has 3 nitrogen and oxygen atoms in total. The summed E-state index contributed by atoms with van der Waals surface area (Å²) in [5, 5.41) is 2.80. The number of urea groups is 1. The monoisotopic (exact) mass is 186 g/mol. The van der Waals surface area contributed by atoms with Gasteiger partial charge >= 0.3 is 6.03 Å². The molecule has 0 aromatic rings. The quantitative estimate of drug-likeness (QED) is 0.669. The highest BCUT2D eigenvalue weighted by Gasteiger charge is 2.18. The van der Waals surface area contributed by atoms with Crippen molar-refractivity contribution in [3.05, 3.63) is 0 Å². The van der Waals surface area contributed by atoms with E-state index in [1.165, 1.54) is 6.42 Å². The van der Waals surface area contributed by atoms with Crippen molar-refractivity contribution in [2.75, 3.05) is 13.1 Å². The molecule has 1 heterocycles. The number of carbonyl (C=O) groups is 1. The summed E-state index contributed by atoms with van der Waals surface area (Å²) in [4.78, 5) is 12.9. The molecule has 1 aliphatic heterocycles. The van der Waals surface area contributed by atoms with Gasteiger partial charge in [0.05, 0.1) is 0 Å². The van der Waals surface area contributed by atoms with Gasteiger partial charge in [-0.25, -0.2) is 4.79 Å². The fourth-order valence-corrected chi connectivity index (χ4v) is 1.14. The molecule has 0 aromatic heterocycles. The molecular formula is C10H22N2O. The molecule has 1 rings (SSSR count). The summed E-state index contributed by atoms with van der Waals surface area (Å²) >= 11 is 0. The van der Waals surface area contributed by atoms with Crippen molar-refractivity contribution in [2.45, 2.75) is 46.6 Å². The molecule has 3 heteroatoms. The van der Waals surface area contributed by atoms with Crippen LogP contribution in [0.4, 0.5) is 4.79 Å². The van der Waals surface area contributed by atoms with Crippen molar-refractivity contribution >= 4 is 6.03 Å². The molecule has 0 aromatic carbocycles. The van der Waals surface area contributed by atoms with Crippen LogP contribution in [0.2, 0.25) is 0 Å². The molecule has 1 aliphatic rings. The maximum Gasteiger partial charge on any atom is 0.317 e. The summed E-state index contributed by atoms with van der Waals surface area (Å²) in [6.07, 6.45) is 2.32. The Morgan fingerprint density at radius 1 is 1.46 bits per heavy atom. The van der Waals surface area contributed by atoms with Crippen LogP contribution in [0, 0.1) is 0 Å². The predicted molar refractivity (Wildman–Crippen MR) is 55.8 cm³/mol. The normalized spacial score (nSPS) is 16.4. The number of rotatable bonds is 1. The van der Waals surface area contributed by atoms with Crippen LogP contribution in [0.15, 0.2) is 0 Å². The predicted octanol–water partition coefficient (Wildman–Crippen LogP) is 2.23. The zero-order chi connectivity index (χ0) is 10.3. The van der Waals surface area contributed by atoms with Gasteiger partial charge in [-0.2, -0.15) is 0 Å². The lowest BCUT2D eigenvalue weighted by atomic mass is 10.2. The Morgan fingerprint density at radius 2 is 2.00 bits per heavy atom. The summed E-state index contributed by atoms with van der Waals surface area (Å²) in [7, 11) is 0. The number of nitrogens with zero attached hydrogens (tertiary/aromatic N) is 1. The van der Waals surface area contributed by atoms with Gasteiger partial charge in [-0.15, -0.1) is 0 Å². The van der Waals surface area contributed by atoms with Gasteiger partial charge in [-0.1, -0.05) is 20.3 Å². The maximum absolute atomic E-state index is 11.1. The Morgan fingerprint density at radius 3 is 2.31 bits per heavy atom. The summed E-state index contributed by atoms with van der Waals surface area (Å²) < 4.78 is 0. The number of carbonyl (C=O) groups excluding carboxylic acids is 1. The number of hydrogen-bond donors (Lipinski definition) is 1. The van der Waals surface area contributed by atoms with Gasteiger partial charge in [-0.3, -0.25) is 0 Å². The molecule has 2 amide bonds. The van der Waals surface area contributed by atoms with Crippen LogP contribution in [-0.2, 0) is 0 Å². The molecule has 1 fully saturated rings. The van der Waals surface area contributed by atoms with Gasteiger partial charge in [-0.05, 0) is 20.3 Å². The van der Waals surface area contributed by atoms with E-state index < -0.39 is 0 Å². The van der Waals surface area contributed by atoms with Crippen molar-refractivity contribution in [2.24, 2.45) is 0 Å². The fraction of sp³-hybridized carbons (Fsp3) is 0.900. The summed E-state index contributed by atoms with van der Waals surface area (Å²) in [6.45, 7) is 10.1. The topological polar surface area (TPSA) is 32.3 Å². The Balaban J connectivity index is 0.000000424. The highest BCUT2D eigenvalue weighted by molar-refractivity contribution is 5.75. The van der Waals surface area contributed by atoms with Gasteiger partial charge in [0.2, 0.25) is 0 Å². The molecule has 0 unspecified atom stereocenters. The van der Waals surface area contributed by atoms with Crippen molar-refractivity contribution < 1.29 is 4.79 Å². The van der Waals surface area contributed by atoms with Gasteiger partial charge in [0.25, 0.3) is 0 Å². The van der Waals surface area contributed by atoms with E-state index >= 15 is 0 Å². The fourth-order valence-electron chi connectivity index (χ4n) is 1.14. The Kier molecular flexibility index (Phi) is 6.37. The lowest BCUT2D eigenvalue weighted by Gasteiger charge is -2.30. The average Bonchev–Trinajstić information content (AvgIpc) is 2.06. The van der Waals surface area contributed by atoms with E-state index in [1.54, 1.807) is 0 Å². The van der Waals surface area contributed by atoms with E-state index in [2.05, 4.69) is 19.2 Å². The molecule has 0 spiro atoms. The minimum absolute atomic E-state index is 0.0845. The Bertz CT molecular complexity index is 146. The molecule has 0 bridgehead atoms. The second kappa shape index (κ2) is 6.75. The second-order valence-corrected chi connectivity index (χ2v) is 3.58. The first-order valence-corrected chi connectivity index (χ1v) is 5.17. The number of hydrogen-bond acceptors (Lipinski definition) is 1. The van der Waals surface area contributed by atoms with E-state index in [1.807, 2.05) is 18.7 Å². The molecule has 1 saturated heterocycles. The lowest BCUT2D eigenvalue weighted by molar-refractivity contribution is 0.170. The summed E-state index contributed by atoms with van der Waals surface area (Å²) in [5.74, 6) is 0. The van der Waals surface area contributed by atoms with Crippen LogP contribution in [0.3, 0.4) is 0 Å². The average molecular weight is 186 g/mol. The first-order chi connectivity index (χ1) is 6.13. The van der Waals surface area contributed by atoms with E-state index in [0.29, 0.717) is 6.04 Å². The molecular weight excluding hydrogens is 164 g/mol. The van der Waals surface area contributed by atoms with Crippen LogP contribution in [-0.4, -0.2) is 30.1 Å². The first-order valence-electron chi connectivity index (χ1n) is 5.17. The smallest absolute Gasteiger partial charge is 0.317 e. The van der Waals surface area contributed by atoms with Crippen molar-refractivity contribution in [3.63, 3.8) is 0 Å². The third-order valence-electron chi connectivity index (χ3n) is 1.74. The molecule has 1 N–H and O–H groups in total. The Hall–Kier alpha value is -0.730. The standard InChI is InChI=1S/C7H14N2O.C3H8/c1-6(2)9-5-3-4-8-7(9)10;1-3-2/h6H,3-5H2,1-2H3,(H,8,10);3H2,1-2H3. The zero-order valence-electron chi connectivity index (χ0n) is 9.26. The van der Waals surface area contributed by atoms with Gasteiger partial charge in [0.15, 0.2) is 0 Å². The summed E-state index contributed by atoms with van der Waals surface area (Å²) in [6, 6.07) is 0.418. The minimum atomic E-state index is 0.0845. The third kappa shape index (κ3) is 4.76. The highest BCUT2D eigenvalue weighted by Crippen LogP contribution is 2.03. The minimum Gasteiger partial charge on any atom is -0.338 e. The largest absolute Gasteiger partial charge is 0.338 e. The van der Waals surface area contributed by atoms with E-state index in [4.69, 9.17) is 0 Å². The van der Waals surface area contributed by atoms with Crippen molar-refractivity contribution in [3.8, 4) is 0 Å². The van der Waals surface area contributed by atoms with Crippen LogP contribution >= 0.6 is 0 Å². The molecule has 0 radical (unpaired) electrons. The van der Waals surface area contributed by atoms with Crippen molar-refractivity contribution in [1.29, 1.82) is 0 Å². The van der Waals surface area contributed by atoms with Gasteiger partial charge in [0.1, 0.15) is 0 Å². The highest BCUT2D eigenvalue weighted by atomic mass is 16.2. The summed E-state index contributed by atoms with van der Waals surface area (Å²) in [5.41, 5.74) is 0. The van der Waals surface area contributed by atoms with Crippen LogP contribution in [0.5, 0.6) is 0 Å². The lowest BCUT2D eigenvalue weighted by Crippen LogP contribution is -2.49. The Labute approximate surface area is 81.5 Å². The van der Waals surface area contributed by atoms with E-state index in [0.717, 1.165) is 19.5 Å². The van der Waals surface area contributed by atoms with Crippen LogP contribution < -0.4 is 5.32 Å². The van der Waals surface area contributed by atoms with E-state index in [9.17, 15) is 4.79 Å². The molecule has 13 heavy (non-hydrogen) atoms.